The van der Waals surface area contributed by atoms with Gasteiger partial charge in [-0.2, -0.15) is 0 Å². The van der Waals surface area contributed by atoms with Crippen LogP contribution in [0.3, 0.4) is 0 Å². The van der Waals surface area contributed by atoms with Crippen LogP contribution in [0.5, 0.6) is 0 Å². The Labute approximate surface area is 110 Å². The lowest BCUT2D eigenvalue weighted by atomic mass is 9.71. The van der Waals surface area contributed by atoms with Gasteiger partial charge >= 0.3 is 0 Å². The predicted molar refractivity (Wildman–Crippen MR) is 71.2 cm³/mol. The Kier molecular flexibility index (Phi) is 4.62. The number of rotatable bonds is 3. The summed E-state index contributed by atoms with van der Waals surface area (Å²) in [5, 5.41) is 0. The topological polar surface area (TPSA) is 55.6 Å². The minimum absolute atomic E-state index is 0.0767. The van der Waals surface area contributed by atoms with Gasteiger partial charge in [0.05, 0.1) is 19.3 Å². The van der Waals surface area contributed by atoms with Gasteiger partial charge < -0.3 is 15.4 Å². The van der Waals surface area contributed by atoms with Crippen molar-refractivity contribution in [2.75, 3.05) is 26.3 Å². The van der Waals surface area contributed by atoms with E-state index in [-0.39, 0.29) is 17.4 Å². The van der Waals surface area contributed by atoms with Crippen LogP contribution in [-0.2, 0) is 9.53 Å². The third-order valence-electron chi connectivity index (χ3n) is 4.56. The van der Waals surface area contributed by atoms with Crippen molar-refractivity contribution in [1.29, 1.82) is 0 Å². The molecule has 2 fully saturated rings. The van der Waals surface area contributed by atoms with Crippen molar-refractivity contribution in [3.8, 4) is 0 Å². The summed E-state index contributed by atoms with van der Waals surface area (Å²) in [6.07, 6.45) is 6.62. The molecule has 1 saturated heterocycles. The molecule has 2 rings (SSSR count). The lowest BCUT2D eigenvalue weighted by molar-refractivity contribution is -0.142. The molecule has 1 amide bonds. The molecule has 2 aliphatic rings. The molecule has 104 valence electrons. The third-order valence-corrected chi connectivity index (χ3v) is 4.56. The molecule has 18 heavy (non-hydrogen) atoms. The lowest BCUT2D eigenvalue weighted by Gasteiger charge is -2.40. The molecule has 4 heteroatoms. The molecule has 0 unspecified atom stereocenters. The van der Waals surface area contributed by atoms with E-state index in [0.717, 1.165) is 19.4 Å². The van der Waals surface area contributed by atoms with Gasteiger partial charge in [0.2, 0.25) is 5.91 Å². The Morgan fingerprint density at radius 3 is 2.72 bits per heavy atom. The Morgan fingerprint density at radius 1 is 1.39 bits per heavy atom. The van der Waals surface area contributed by atoms with Crippen LogP contribution >= 0.6 is 0 Å². The van der Waals surface area contributed by atoms with E-state index in [1.165, 1.54) is 19.3 Å². The molecule has 0 bridgehead atoms. The van der Waals surface area contributed by atoms with Crippen LogP contribution < -0.4 is 5.73 Å². The first-order valence-electron chi connectivity index (χ1n) is 7.24. The van der Waals surface area contributed by atoms with E-state index >= 15 is 0 Å². The van der Waals surface area contributed by atoms with Gasteiger partial charge in [0.1, 0.15) is 0 Å². The highest BCUT2D eigenvalue weighted by atomic mass is 16.5. The van der Waals surface area contributed by atoms with Crippen molar-refractivity contribution in [3.05, 3.63) is 0 Å². The van der Waals surface area contributed by atoms with E-state index in [4.69, 9.17) is 10.5 Å². The molecule has 1 heterocycles. The minimum atomic E-state index is 0.0767. The first kappa shape index (κ1) is 13.8. The van der Waals surface area contributed by atoms with Gasteiger partial charge in [-0.3, -0.25) is 4.79 Å². The zero-order chi connectivity index (χ0) is 13.0. The summed E-state index contributed by atoms with van der Waals surface area (Å²) in [6, 6.07) is 0.213. The van der Waals surface area contributed by atoms with Crippen LogP contribution in [0.4, 0.5) is 0 Å². The Morgan fingerprint density at radius 2 is 2.11 bits per heavy atom. The highest BCUT2D eigenvalue weighted by molar-refractivity contribution is 5.77. The second kappa shape index (κ2) is 6.02. The Bertz CT molecular complexity index is 288. The zero-order valence-electron chi connectivity index (χ0n) is 11.5. The monoisotopic (exact) mass is 254 g/mol. The highest BCUT2D eigenvalue weighted by Gasteiger charge is 2.35. The SMILES string of the molecule is C[C@@H]1COCCN1C(=O)CC1(CN)CCCCC1. The highest BCUT2D eigenvalue weighted by Crippen LogP contribution is 2.39. The number of amides is 1. The summed E-state index contributed by atoms with van der Waals surface area (Å²) in [4.78, 5) is 14.4. The number of morpholine rings is 1. The van der Waals surface area contributed by atoms with Gasteiger partial charge in [-0.15, -0.1) is 0 Å². The zero-order valence-corrected chi connectivity index (χ0v) is 11.5. The summed E-state index contributed by atoms with van der Waals surface area (Å²) in [7, 11) is 0. The summed E-state index contributed by atoms with van der Waals surface area (Å²) >= 11 is 0. The molecule has 4 nitrogen and oxygen atoms in total. The van der Waals surface area contributed by atoms with E-state index in [1.807, 2.05) is 4.90 Å². The number of nitrogens with two attached hydrogens (primary N) is 1. The minimum Gasteiger partial charge on any atom is -0.377 e. The fourth-order valence-corrected chi connectivity index (χ4v) is 3.27. The Hall–Kier alpha value is -0.610. The number of hydrogen-bond acceptors (Lipinski definition) is 3. The van der Waals surface area contributed by atoms with Gasteiger partial charge in [0, 0.05) is 13.0 Å². The standard InChI is InChI=1S/C14H26N2O2/c1-12-10-18-8-7-16(12)13(17)9-14(11-15)5-3-2-4-6-14/h12H,2-11,15H2,1H3/t12-/m1/s1. The van der Waals surface area contributed by atoms with Crippen molar-refractivity contribution < 1.29 is 9.53 Å². The number of nitrogens with zero attached hydrogens (tertiary/aromatic N) is 1. The number of hydrogen-bond donors (Lipinski definition) is 1. The molecule has 2 N–H and O–H groups in total. The van der Waals surface area contributed by atoms with E-state index in [2.05, 4.69) is 6.92 Å². The summed E-state index contributed by atoms with van der Waals surface area (Å²) < 4.78 is 5.39. The smallest absolute Gasteiger partial charge is 0.223 e. The number of carbonyl (C=O) groups is 1. The molecule has 0 aromatic heterocycles. The average Bonchev–Trinajstić information content (AvgIpc) is 2.40. The second-order valence-electron chi connectivity index (χ2n) is 5.95. The van der Waals surface area contributed by atoms with Crippen molar-refractivity contribution in [2.24, 2.45) is 11.1 Å². The van der Waals surface area contributed by atoms with Crippen molar-refractivity contribution >= 4 is 5.91 Å². The summed E-state index contributed by atoms with van der Waals surface area (Å²) in [5.74, 6) is 0.276. The summed E-state index contributed by atoms with van der Waals surface area (Å²) in [5.41, 5.74) is 6.03. The first-order valence-corrected chi connectivity index (χ1v) is 7.24. The number of ether oxygens (including phenoxy) is 1. The number of carbonyl (C=O) groups excluding carboxylic acids is 1. The molecular formula is C14H26N2O2. The molecule has 0 aromatic carbocycles. The fourth-order valence-electron chi connectivity index (χ4n) is 3.27. The van der Waals surface area contributed by atoms with Crippen LogP contribution in [-0.4, -0.2) is 43.2 Å². The van der Waals surface area contributed by atoms with Crippen LogP contribution in [0.25, 0.3) is 0 Å². The predicted octanol–water partition coefficient (Wildman–Crippen LogP) is 1.53. The van der Waals surface area contributed by atoms with Crippen molar-refractivity contribution in [2.45, 2.75) is 51.5 Å². The molecule has 0 radical (unpaired) electrons. The van der Waals surface area contributed by atoms with Gasteiger partial charge in [-0.25, -0.2) is 0 Å². The Balaban J connectivity index is 1.95. The maximum absolute atomic E-state index is 12.5. The van der Waals surface area contributed by atoms with Gasteiger partial charge in [0.25, 0.3) is 0 Å². The average molecular weight is 254 g/mol. The quantitative estimate of drug-likeness (QED) is 0.831. The second-order valence-corrected chi connectivity index (χ2v) is 5.95. The molecule has 1 aliphatic heterocycles. The first-order chi connectivity index (χ1) is 8.67. The molecule has 1 saturated carbocycles. The normalized spacial score (nSPS) is 28.1. The maximum atomic E-state index is 12.5. The van der Waals surface area contributed by atoms with E-state index < -0.39 is 0 Å². The molecule has 1 aliphatic carbocycles. The van der Waals surface area contributed by atoms with Crippen molar-refractivity contribution in [3.63, 3.8) is 0 Å². The summed E-state index contributed by atoms with van der Waals surface area (Å²) in [6.45, 7) is 4.79. The fraction of sp³-hybridized carbons (Fsp3) is 0.929. The lowest BCUT2D eigenvalue weighted by Crippen LogP contribution is -2.49. The third kappa shape index (κ3) is 3.04. The van der Waals surface area contributed by atoms with Crippen LogP contribution in [0, 0.1) is 5.41 Å². The molecule has 1 atom stereocenters. The van der Waals surface area contributed by atoms with E-state index in [0.29, 0.717) is 26.2 Å². The van der Waals surface area contributed by atoms with Gasteiger partial charge in [-0.1, -0.05) is 19.3 Å². The van der Waals surface area contributed by atoms with E-state index in [1.54, 1.807) is 0 Å². The van der Waals surface area contributed by atoms with Gasteiger partial charge in [0.15, 0.2) is 0 Å². The van der Waals surface area contributed by atoms with Crippen molar-refractivity contribution in [1.82, 2.24) is 4.90 Å². The van der Waals surface area contributed by atoms with Crippen LogP contribution in [0.2, 0.25) is 0 Å². The van der Waals surface area contributed by atoms with Crippen LogP contribution in [0.15, 0.2) is 0 Å². The van der Waals surface area contributed by atoms with Crippen LogP contribution in [0.1, 0.15) is 45.4 Å². The van der Waals surface area contributed by atoms with E-state index in [9.17, 15) is 4.79 Å². The van der Waals surface area contributed by atoms with Gasteiger partial charge in [-0.05, 0) is 31.7 Å². The molecule has 0 aromatic rings. The molecule has 0 spiro atoms. The maximum Gasteiger partial charge on any atom is 0.223 e. The largest absolute Gasteiger partial charge is 0.377 e. The molecular weight excluding hydrogens is 228 g/mol.